The van der Waals surface area contributed by atoms with Crippen LogP contribution in [0.3, 0.4) is 0 Å². The van der Waals surface area contributed by atoms with Crippen molar-refractivity contribution < 1.29 is 4.79 Å². The third-order valence-electron chi connectivity index (χ3n) is 2.49. The molecule has 0 saturated heterocycles. The van der Waals surface area contributed by atoms with Crippen molar-refractivity contribution in [3.05, 3.63) is 29.5 Å². The first kappa shape index (κ1) is 13.5. The molecule has 0 bridgehead atoms. The van der Waals surface area contributed by atoms with Gasteiger partial charge in [-0.15, -0.1) is 5.10 Å². The molecule has 0 saturated carbocycles. The first-order chi connectivity index (χ1) is 8.88. The summed E-state index contributed by atoms with van der Waals surface area (Å²) in [6.45, 7) is 5.50. The lowest BCUT2D eigenvalue weighted by Crippen LogP contribution is -2.27. The molecule has 2 aromatic rings. The van der Waals surface area contributed by atoms with Crippen LogP contribution < -0.4 is 5.32 Å². The largest absolute Gasteiger partial charge is 0.324 e. The van der Waals surface area contributed by atoms with Gasteiger partial charge in [0.1, 0.15) is 6.33 Å². The van der Waals surface area contributed by atoms with Crippen LogP contribution in [-0.4, -0.2) is 26.1 Å². The highest BCUT2D eigenvalue weighted by Crippen LogP contribution is 2.26. The Bertz CT molecular complexity index is 589. The number of nitrogens with one attached hydrogen (secondary N) is 1. The second kappa shape index (κ2) is 4.97. The van der Waals surface area contributed by atoms with Crippen molar-refractivity contribution in [2.24, 2.45) is 5.41 Å². The average molecular weight is 280 g/mol. The van der Waals surface area contributed by atoms with Gasteiger partial charge in [0.05, 0.1) is 16.4 Å². The maximum absolute atomic E-state index is 12.0. The van der Waals surface area contributed by atoms with Crippen LogP contribution in [0.15, 0.2) is 24.5 Å². The molecule has 100 valence electrons. The van der Waals surface area contributed by atoms with Gasteiger partial charge >= 0.3 is 0 Å². The van der Waals surface area contributed by atoms with Crippen LogP contribution in [0.25, 0.3) is 5.69 Å². The molecular formula is C12H14ClN5O. The van der Waals surface area contributed by atoms with Gasteiger partial charge in [-0.25, -0.2) is 4.68 Å². The standard InChI is InChI=1S/C12H14ClN5O/c1-12(2,3)11(19)15-10-6-8(4-5-9(10)13)18-7-14-16-17-18/h4-7H,1-3H3,(H,15,19). The Morgan fingerprint density at radius 3 is 2.68 bits per heavy atom. The van der Waals surface area contributed by atoms with Gasteiger partial charge in [0.2, 0.25) is 5.91 Å². The minimum absolute atomic E-state index is 0.108. The molecule has 19 heavy (non-hydrogen) atoms. The van der Waals surface area contributed by atoms with E-state index in [1.165, 1.54) is 11.0 Å². The molecule has 1 heterocycles. The van der Waals surface area contributed by atoms with E-state index in [-0.39, 0.29) is 5.91 Å². The number of amides is 1. The zero-order valence-corrected chi connectivity index (χ0v) is 11.6. The molecule has 0 aliphatic heterocycles. The zero-order valence-electron chi connectivity index (χ0n) is 10.9. The van der Waals surface area contributed by atoms with Crippen LogP contribution in [0.2, 0.25) is 5.02 Å². The van der Waals surface area contributed by atoms with Gasteiger partial charge in [-0.3, -0.25) is 4.79 Å². The first-order valence-electron chi connectivity index (χ1n) is 5.72. The molecule has 1 N–H and O–H groups in total. The minimum Gasteiger partial charge on any atom is -0.324 e. The number of tetrazole rings is 1. The van der Waals surface area contributed by atoms with Crippen LogP contribution in [-0.2, 0) is 4.79 Å². The van der Waals surface area contributed by atoms with Crippen LogP contribution in [0.4, 0.5) is 5.69 Å². The molecule has 6 nitrogen and oxygen atoms in total. The number of anilines is 1. The summed E-state index contributed by atoms with van der Waals surface area (Å²) in [5.41, 5.74) is 0.766. The third-order valence-corrected chi connectivity index (χ3v) is 2.82. The Morgan fingerprint density at radius 1 is 1.37 bits per heavy atom. The summed E-state index contributed by atoms with van der Waals surface area (Å²) >= 11 is 6.08. The van der Waals surface area contributed by atoms with E-state index in [1.807, 2.05) is 20.8 Å². The number of carbonyl (C=O) groups is 1. The second-order valence-corrected chi connectivity index (χ2v) is 5.53. The minimum atomic E-state index is -0.492. The van der Waals surface area contributed by atoms with Gasteiger partial charge in [0.15, 0.2) is 0 Å². The fourth-order valence-electron chi connectivity index (χ4n) is 1.34. The molecule has 0 unspecified atom stereocenters. The van der Waals surface area contributed by atoms with Crippen molar-refractivity contribution in [1.29, 1.82) is 0 Å². The van der Waals surface area contributed by atoms with Crippen LogP contribution in [0.1, 0.15) is 20.8 Å². The maximum Gasteiger partial charge on any atom is 0.229 e. The quantitative estimate of drug-likeness (QED) is 0.915. The highest BCUT2D eigenvalue weighted by atomic mass is 35.5. The summed E-state index contributed by atoms with van der Waals surface area (Å²) in [5.74, 6) is -0.108. The Morgan fingerprint density at radius 2 is 2.11 bits per heavy atom. The highest BCUT2D eigenvalue weighted by molar-refractivity contribution is 6.33. The summed E-state index contributed by atoms with van der Waals surface area (Å²) in [6.07, 6.45) is 1.47. The summed E-state index contributed by atoms with van der Waals surface area (Å²) in [4.78, 5) is 12.0. The van der Waals surface area contributed by atoms with Crippen molar-refractivity contribution in [3.8, 4) is 5.69 Å². The predicted octanol–water partition coefficient (Wildman–Crippen LogP) is 2.30. The summed E-state index contributed by atoms with van der Waals surface area (Å²) in [5, 5.41) is 14.2. The van der Waals surface area contributed by atoms with E-state index in [0.717, 1.165) is 5.69 Å². The van der Waals surface area contributed by atoms with Crippen molar-refractivity contribution >= 4 is 23.2 Å². The fraction of sp³-hybridized carbons (Fsp3) is 0.333. The highest BCUT2D eigenvalue weighted by Gasteiger charge is 2.22. The lowest BCUT2D eigenvalue weighted by atomic mass is 9.95. The Kier molecular flexibility index (Phi) is 3.53. The van der Waals surface area contributed by atoms with E-state index in [9.17, 15) is 4.79 Å². The van der Waals surface area contributed by atoms with Gasteiger partial charge in [0, 0.05) is 5.41 Å². The van der Waals surface area contributed by atoms with Gasteiger partial charge < -0.3 is 5.32 Å². The van der Waals surface area contributed by atoms with Gasteiger partial charge in [-0.2, -0.15) is 0 Å². The number of benzene rings is 1. The number of hydrogen-bond donors (Lipinski definition) is 1. The molecule has 0 radical (unpaired) electrons. The normalized spacial score (nSPS) is 11.4. The molecule has 0 spiro atoms. The summed E-state index contributed by atoms with van der Waals surface area (Å²) in [6, 6.07) is 5.19. The lowest BCUT2D eigenvalue weighted by Gasteiger charge is -2.18. The molecular weight excluding hydrogens is 266 g/mol. The Labute approximate surface area is 115 Å². The second-order valence-electron chi connectivity index (χ2n) is 5.12. The maximum atomic E-state index is 12.0. The van der Waals surface area contributed by atoms with Crippen molar-refractivity contribution in [2.45, 2.75) is 20.8 Å². The first-order valence-corrected chi connectivity index (χ1v) is 6.10. The van der Waals surface area contributed by atoms with E-state index >= 15 is 0 Å². The molecule has 1 amide bonds. The number of halogens is 1. The number of rotatable bonds is 2. The Balaban J connectivity index is 2.31. The molecule has 0 aliphatic rings. The predicted molar refractivity (Wildman–Crippen MR) is 72.2 cm³/mol. The van der Waals surface area contributed by atoms with E-state index in [0.29, 0.717) is 10.7 Å². The van der Waals surface area contributed by atoms with Gasteiger partial charge in [0.25, 0.3) is 0 Å². The molecule has 7 heteroatoms. The Hall–Kier alpha value is -1.95. The van der Waals surface area contributed by atoms with E-state index in [2.05, 4.69) is 20.8 Å². The number of nitrogens with zero attached hydrogens (tertiary/aromatic N) is 4. The molecule has 1 aromatic heterocycles. The lowest BCUT2D eigenvalue weighted by molar-refractivity contribution is -0.123. The van der Waals surface area contributed by atoms with Crippen LogP contribution in [0.5, 0.6) is 0 Å². The molecule has 0 atom stereocenters. The number of hydrogen-bond acceptors (Lipinski definition) is 4. The number of aromatic nitrogens is 4. The average Bonchev–Trinajstić information content (AvgIpc) is 2.84. The number of carbonyl (C=O) groups excluding carboxylic acids is 1. The zero-order chi connectivity index (χ0) is 14.0. The van der Waals surface area contributed by atoms with E-state index < -0.39 is 5.41 Å². The monoisotopic (exact) mass is 279 g/mol. The van der Waals surface area contributed by atoms with Crippen molar-refractivity contribution in [1.82, 2.24) is 20.2 Å². The van der Waals surface area contributed by atoms with E-state index in [4.69, 9.17) is 11.6 Å². The van der Waals surface area contributed by atoms with E-state index in [1.54, 1.807) is 18.2 Å². The van der Waals surface area contributed by atoms with Crippen molar-refractivity contribution in [2.75, 3.05) is 5.32 Å². The van der Waals surface area contributed by atoms with Crippen LogP contribution >= 0.6 is 11.6 Å². The summed E-state index contributed by atoms with van der Waals surface area (Å²) < 4.78 is 1.49. The van der Waals surface area contributed by atoms with Crippen molar-refractivity contribution in [3.63, 3.8) is 0 Å². The molecule has 0 fully saturated rings. The fourth-order valence-corrected chi connectivity index (χ4v) is 1.51. The summed E-state index contributed by atoms with van der Waals surface area (Å²) in [7, 11) is 0. The van der Waals surface area contributed by atoms with Crippen LogP contribution in [0, 0.1) is 5.41 Å². The third kappa shape index (κ3) is 3.08. The smallest absolute Gasteiger partial charge is 0.229 e. The molecule has 1 aromatic carbocycles. The molecule has 2 rings (SSSR count). The topological polar surface area (TPSA) is 72.7 Å². The van der Waals surface area contributed by atoms with Gasteiger partial charge in [-0.05, 0) is 28.6 Å². The molecule has 0 aliphatic carbocycles. The SMILES string of the molecule is CC(C)(C)C(=O)Nc1cc(-n2cnnn2)ccc1Cl. The van der Waals surface area contributed by atoms with Gasteiger partial charge in [-0.1, -0.05) is 32.4 Å².